The largest absolute Gasteiger partial charge is 0.338 e. The van der Waals surface area contributed by atoms with Gasteiger partial charge in [0.25, 0.3) is 0 Å². The molecule has 0 aromatic rings. The molecule has 0 saturated carbocycles. The maximum Gasteiger partial charge on any atom is 0.165 e. The minimum atomic E-state index is -0.682. The second kappa shape index (κ2) is 4.79. The molecule has 0 rings (SSSR count). The first-order valence-electron chi connectivity index (χ1n) is 3.27. The second-order valence-electron chi connectivity index (χ2n) is 2.39. The molecule has 0 radical (unpaired) electrons. The molecule has 0 aliphatic carbocycles. The van der Waals surface area contributed by atoms with Crippen LogP contribution in [0.1, 0.15) is 13.8 Å². The van der Waals surface area contributed by atoms with Gasteiger partial charge in [0, 0.05) is 0 Å². The van der Waals surface area contributed by atoms with E-state index >= 15 is 0 Å². The Balaban J connectivity index is 3.64. The summed E-state index contributed by atoms with van der Waals surface area (Å²) in [5, 5.41) is 0. The fourth-order valence-electron chi connectivity index (χ4n) is 0.473. The highest BCUT2D eigenvalue weighted by Crippen LogP contribution is 2.09. The van der Waals surface area contributed by atoms with Crippen LogP contribution in [0, 0.1) is 24.7 Å². The van der Waals surface area contributed by atoms with Gasteiger partial charge in [0.15, 0.2) is 5.79 Å². The van der Waals surface area contributed by atoms with Crippen molar-refractivity contribution in [1.29, 1.82) is 0 Å². The maximum atomic E-state index is 5.13. The molecule has 0 N–H and O–H groups in total. The summed E-state index contributed by atoms with van der Waals surface area (Å²) < 4.78 is 10.3. The van der Waals surface area contributed by atoms with Gasteiger partial charge in [0.05, 0.1) is 0 Å². The van der Waals surface area contributed by atoms with E-state index in [0.717, 1.165) is 0 Å². The molecule has 0 aromatic carbocycles. The lowest BCUT2D eigenvalue weighted by Crippen LogP contribution is -2.28. The zero-order valence-corrected chi connectivity index (χ0v) is 6.89. The van der Waals surface area contributed by atoms with E-state index in [1.165, 1.54) is 0 Å². The van der Waals surface area contributed by atoms with Gasteiger partial charge in [-0.1, -0.05) is 11.8 Å². The number of hydrogen-bond donors (Lipinski definition) is 0. The summed E-state index contributed by atoms with van der Waals surface area (Å²) >= 11 is 0. The van der Waals surface area contributed by atoms with Crippen LogP contribution in [0.3, 0.4) is 0 Å². The molecule has 0 aliphatic rings. The number of terminal acetylenes is 2. The fourth-order valence-corrected chi connectivity index (χ4v) is 0.473. The van der Waals surface area contributed by atoms with Crippen molar-refractivity contribution in [3.05, 3.63) is 0 Å². The van der Waals surface area contributed by atoms with Crippen LogP contribution in [0.2, 0.25) is 0 Å². The number of rotatable bonds is 4. The lowest BCUT2D eigenvalue weighted by Gasteiger charge is -2.23. The number of ether oxygens (including phenoxy) is 2. The van der Waals surface area contributed by atoms with E-state index in [0.29, 0.717) is 0 Å². The van der Waals surface area contributed by atoms with Crippen molar-refractivity contribution in [2.75, 3.05) is 13.2 Å². The zero-order valence-electron chi connectivity index (χ0n) is 6.89. The molecule has 0 aliphatic heterocycles. The highest BCUT2D eigenvalue weighted by atomic mass is 16.7. The highest BCUT2D eigenvalue weighted by Gasteiger charge is 2.16. The molecule has 0 fully saturated rings. The standard InChI is InChI=1S/C9H12O2/c1-5-7-10-9(3,4)11-8-6-2/h1-2H,7-8H2,3-4H3. The summed E-state index contributed by atoms with van der Waals surface area (Å²) in [5.74, 6) is 4.01. The molecule has 0 atom stereocenters. The first-order chi connectivity index (χ1) is 5.12. The number of hydrogen-bond acceptors (Lipinski definition) is 2. The van der Waals surface area contributed by atoms with Gasteiger partial charge in [-0.2, -0.15) is 0 Å². The molecule has 0 saturated heterocycles. The average molecular weight is 152 g/mol. The van der Waals surface area contributed by atoms with Gasteiger partial charge in [-0.05, 0) is 13.8 Å². The predicted octanol–water partition coefficient (Wildman–Crippen LogP) is 1.02. The van der Waals surface area contributed by atoms with Gasteiger partial charge < -0.3 is 9.47 Å². The minimum Gasteiger partial charge on any atom is -0.338 e. The Morgan fingerprint density at radius 2 is 1.45 bits per heavy atom. The Morgan fingerprint density at radius 3 is 1.73 bits per heavy atom. The molecule has 2 heteroatoms. The van der Waals surface area contributed by atoms with Gasteiger partial charge >= 0.3 is 0 Å². The molecule has 0 unspecified atom stereocenters. The summed E-state index contributed by atoms with van der Waals surface area (Å²) in [6.07, 6.45) is 9.99. The van der Waals surface area contributed by atoms with Crippen LogP contribution >= 0.6 is 0 Å². The van der Waals surface area contributed by atoms with Crippen molar-refractivity contribution in [3.8, 4) is 24.7 Å². The molecule has 0 spiro atoms. The first-order valence-corrected chi connectivity index (χ1v) is 3.27. The van der Waals surface area contributed by atoms with Crippen LogP contribution < -0.4 is 0 Å². The molecular weight excluding hydrogens is 140 g/mol. The average Bonchev–Trinajstić information content (AvgIpc) is 1.97. The topological polar surface area (TPSA) is 18.5 Å². The fraction of sp³-hybridized carbons (Fsp3) is 0.556. The molecule has 11 heavy (non-hydrogen) atoms. The Labute approximate surface area is 67.9 Å². The smallest absolute Gasteiger partial charge is 0.165 e. The van der Waals surface area contributed by atoms with E-state index < -0.39 is 5.79 Å². The summed E-state index contributed by atoms with van der Waals surface area (Å²) in [6, 6.07) is 0. The molecule has 2 nitrogen and oxygen atoms in total. The Hall–Kier alpha value is -0.960. The lowest BCUT2D eigenvalue weighted by atomic mass is 10.4. The Morgan fingerprint density at radius 1 is 1.09 bits per heavy atom. The van der Waals surface area contributed by atoms with Crippen molar-refractivity contribution >= 4 is 0 Å². The van der Waals surface area contributed by atoms with E-state index in [-0.39, 0.29) is 13.2 Å². The molecule has 60 valence electrons. The van der Waals surface area contributed by atoms with Crippen molar-refractivity contribution in [2.45, 2.75) is 19.6 Å². The first kappa shape index (κ1) is 10.0. The van der Waals surface area contributed by atoms with Crippen LogP contribution in [0.5, 0.6) is 0 Å². The van der Waals surface area contributed by atoms with Crippen molar-refractivity contribution in [3.63, 3.8) is 0 Å². The third-order valence-electron chi connectivity index (χ3n) is 1.01. The second-order valence-corrected chi connectivity index (χ2v) is 2.39. The van der Waals surface area contributed by atoms with Gasteiger partial charge in [-0.25, -0.2) is 0 Å². The van der Waals surface area contributed by atoms with E-state index in [2.05, 4.69) is 11.8 Å². The zero-order chi connectivity index (χ0) is 8.74. The molecule has 0 bridgehead atoms. The van der Waals surface area contributed by atoms with Crippen molar-refractivity contribution in [1.82, 2.24) is 0 Å². The summed E-state index contributed by atoms with van der Waals surface area (Å²) in [7, 11) is 0. The monoisotopic (exact) mass is 152 g/mol. The van der Waals surface area contributed by atoms with E-state index in [9.17, 15) is 0 Å². The summed E-state index contributed by atoms with van der Waals surface area (Å²) in [4.78, 5) is 0. The summed E-state index contributed by atoms with van der Waals surface area (Å²) in [6.45, 7) is 4.00. The quantitative estimate of drug-likeness (QED) is 0.442. The lowest BCUT2D eigenvalue weighted by molar-refractivity contribution is -0.197. The van der Waals surface area contributed by atoms with Crippen LogP contribution in [0.15, 0.2) is 0 Å². The van der Waals surface area contributed by atoms with Crippen LogP contribution in [0.25, 0.3) is 0 Å². The summed E-state index contributed by atoms with van der Waals surface area (Å²) in [5.41, 5.74) is 0. The van der Waals surface area contributed by atoms with Crippen LogP contribution in [0.4, 0.5) is 0 Å². The van der Waals surface area contributed by atoms with Crippen molar-refractivity contribution in [2.24, 2.45) is 0 Å². The minimum absolute atomic E-state index is 0.234. The highest BCUT2D eigenvalue weighted by molar-refractivity contribution is 4.85. The molecule has 0 aromatic heterocycles. The molecule has 0 heterocycles. The third-order valence-corrected chi connectivity index (χ3v) is 1.01. The van der Waals surface area contributed by atoms with Gasteiger partial charge in [-0.15, -0.1) is 12.8 Å². The van der Waals surface area contributed by atoms with Crippen LogP contribution in [-0.4, -0.2) is 19.0 Å². The normalized spacial score (nSPS) is 10.2. The van der Waals surface area contributed by atoms with Gasteiger partial charge in [0.1, 0.15) is 13.2 Å². The van der Waals surface area contributed by atoms with E-state index in [4.69, 9.17) is 22.3 Å². The van der Waals surface area contributed by atoms with Gasteiger partial charge in [-0.3, -0.25) is 0 Å². The Bertz CT molecular complexity index is 161. The van der Waals surface area contributed by atoms with Gasteiger partial charge in [0.2, 0.25) is 0 Å². The SMILES string of the molecule is C#CCOC(C)(C)OCC#C. The third kappa shape index (κ3) is 5.48. The Kier molecular flexibility index (Phi) is 4.38. The van der Waals surface area contributed by atoms with Crippen molar-refractivity contribution < 1.29 is 9.47 Å². The maximum absolute atomic E-state index is 5.13. The molecule has 0 amide bonds. The van der Waals surface area contributed by atoms with Crippen LogP contribution in [-0.2, 0) is 9.47 Å². The molecular formula is C9H12O2. The van der Waals surface area contributed by atoms with E-state index in [1.807, 2.05) is 0 Å². The van der Waals surface area contributed by atoms with E-state index in [1.54, 1.807) is 13.8 Å². The predicted molar refractivity (Wildman–Crippen MR) is 43.6 cm³/mol.